The summed E-state index contributed by atoms with van der Waals surface area (Å²) in [7, 11) is 0. The average molecular weight is 330 g/mol. The molecule has 0 aliphatic carbocycles. The largest absolute Gasteiger partial charge is 0.443 e. The van der Waals surface area contributed by atoms with E-state index in [1.807, 2.05) is 25.7 Å². The summed E-state index contributed by atoms with van der Waals surface area (Å²) in [5, 5.41) is 0.0499. The SMILES string of the molecule is CCN(CC)c1nc(Cl)nc(N(CC)C(=O)OC(C)(C)C)n1. The van der Waals surface area contributed by atoms with E-state index in [1.54, 1.807) is 20.8 Å². The van der Waals surface area contributed by atoms with Crippen LogP contribution in [0.1, 0.15) is 41.5 Å². The summed E-state index contributed by atoms with van der Waals surface area (Å²) < 4.78 is 5.37. The molecule has 22 heavy (non-hydrogen) atoms. The summed E-state index contributed by atoms with van der Waals surface area (Å²) >= 11 is 5.98. The molecule has 1 aromatic heterocycles. The second-order valence-electron chi connectivity index (χ2n) is 5.60. The topological polar surface area (TPSA) is 71.5 Å². The zero-order chi connectivity index (χ0) is 16.9. The van der Waals surface area contributed by atoms with Crippen molar-refractivity contribution in [3.8, 4) is 0 Å². The van der Waals surface area contributed by atoms with Gasteiger partial charge >= 0.3 is 6.09 Å². The van der Waals surface area contributed by atoms with E-state index in [0.29, 0.717) is 12.5 Å². The summed E-state index contributed by atoms with van der Waals surface area (Å²) in [4.78, 5) is 28.0. The number of ether oxygens (including phenoxy) is 1. The Morgan fingerprint density at radius 3 is 2.05 bits per heavy atom. The highest BCUT2D eigenvalue weighted by Crippen LogP contribution is 2.19. The van der Waals surface area contributed by atoms with Crippen molar-refractivity contribution >= 4 is 29.6 Å². The van der Waals surface area contributed by atoms with Crippen molar-refractivity contribution in [3.05, 3.63) is 5.28 Å². The standard InChI is InChI=1S/C14H24ClN5O2/c1-7-19(8-2)11-16-10(15)17-12(18-11)20(9-3)13(21)22-14(4,5)6/h7-9H2,1-6H3. The van der Waals surface area contributed by atoms with E-state index in [1.165, 1.54) is 4.90 Å². The highest BCUT2D eigenvalue weighted by Gasteiger charge is 2.25. The molecule has 124 valence electrons. The van der Waals surface area contributed by atoms with Crippen LogP contribution in [0.4, 0.5) is 16.7 Å². The van der Waals surface area contributed by atoms with Crippen molar-refractivity contribution in [1.82, 2.24) is 15.0 Å². The zero-order valence-electron chi connectivity index (χ0n) is 14.1. The minimum absolute atomic E-state index is 0.0499. The number of nitrogens with zero attached hydrogens (tertiary/aromatic N) is 5. The molecule has 0 fully saturated rings. The number of amides is 1. The lowest BCUT2D eigenvalue weighted by molar-refractivity contribution is 0.0580. The lowest BCUT2D eigenvalue weighted by Gasteiger charge is -2.26. The summed E-state index contributed by atoms with van der Waals surface area (Å²) in [6.07, 6.45) is -0.511. The van der Waals surface area contributed by atoms with Crippen LogP contribution in [-0.2, 0) is 4.74 Å². The number of anilines is 2. The van der Waals surface area contributed by atoms with Gasteiger partial charge in [-0.2, -0.15) is 15.0 Å². The minimum atomic E-state index is -0.594. The maximum absolute atomic E-state index is 12.3. The van der Waals surface area contributed by atoms with Gasteiger partial charge in [0.25, 0.3) is 0 Å². The molecule has 1 heterocycles. The molecule has 0 aliphatic rings. The van der Waals surface area contributed by atoms with Crippen molar-refractivity contribution in [2.75, 3.05) is 29.4 Å². The Bertz CT molecular complexity index is 514. The van der Waals surface area contributed by atoms with Crippen molar-refractivity contribution in [2.45, 2.75) is 47.1 Å². The van der Waals surface area contributed by atoms with Crippen molar-refractivity contribution in [2.24, 2.45) is 0 Å². The highest BCUT2D eigenvalue weighted by atomic mass is 35.5. The normalized spacial score (nSPS) is 11.2. The number of hydrogen-bond donors (Lipinski definition) is 0. The Balaban J connectivity index is 3.14. The van der Waals surface area contributed by atoms with Crippen molar-refractivity contribution in [1.29, 1.82) is 0 Å². The van der Waals surface area contributed by atoms with Crippen LogP contribution in [0.2, 0.25) is 5.28 Å². The Morgan fingerprint density at radius 2 is 1.59 bits per heavy atom. The van der Waals surface area contributed by atoms with Crippen LogP contribution in [-0.4, -0.2) is 46.3 Å². The first kappa shape index (κ1) is 18.4. The molecule has 0 spiro atoms. The Hall–Kier alpha value is -1.63. The first-order chi connectivity index (χ1) is 10.2. The molecule has 8 heteroatoms. The summed E-state index contributed by atoms with van der Waals surface area (Å²) in [5.41, 5.74) is -0.594. The van der Waals surface area contributed by atoms with E-state index < -0.39 is 11.7 Å². The molecule has 1 amide bonds. The number of rotatable bonds is 5. The minimum Gasteiger partial charge on any atom is -0.443 e. The van der Waals surface area contributed by atoms with Crippen LogP contribution < -0.4 is 9.80 Å². The van der Waals surface area contributed by atoms with Crippen LogP contribution in [0.15, 0.2) is 0 Å². The quantitative estimate of drug-likeness (QED) is 0.826. The zero-order valence-corrected chi connectivity index (χ0v) is 14.8. The lowest BCUT2D eigenvalue weighted by atomic mass is 10.2. The van der Waals surface area contributed by atoms with E-state index in [2.05, 4.69) is 15.0 Å². The smallest absolute Gasteiger partial charge is 0.417 e. The van der Waals surface area contributed by atoms with Gasteiger partial charge in [0.15, 0.2) is 0 Å². The van der Waals surface area contributed by atoms with Gasteiger partial charge in [-0.1, -0.05) is 0 Å². The lowest BCUT2D eigenvalue weighted by Crippen LogP contribution is -2.38. The fraction of sp³-hybridized carbons (Fsp3) is 0.714. The maximum atomic E-state index is 12.3. The highest BCUT2D eigenvalue weighted by molar-refractivity contribution is 6.28. The van der Waals surface area contributed by atoms with Gasteiger partial charge in [-0.3, -0.25) is 0 Å². The number of carbonyl (C=O) groups excluding carboxylic acids is 1. The molecular formula is C14H24ClN5O2. The molecule has 0 unspecified atom stereocenters. The van der Waals surface area contributed by atoms with Crippen molar-refractivity contribution < 1.29 is 9.53 Å². The molecule has 0 saturated heterocycles. The van der Waals surface area contributed by atoms with Crippen LogP contribution in [0, 0.1) is 0 Å². The molecule has 0 aliphatic heterocycles. The Labute approximate surface area is 136 Å². The van der Waals surface area contributed by atoms with Gasteiger partial charge in [0, 0.05) is 19.6 Å². The third-order valence-corrected chi connectivity index (χ3v) is 2.97. The molecule has 0 atom stereocenters. The Kier molecular flexibility index (Phi) is 6.34. The van der Waals surface area contributed by atoms with Crippen molar-refractivity contribution in [3.63, 3.8) is 0 Å². The molecule has 0 radical (unpaired) electrons. The van der Waals surface area contributed by atoms with Crippen LogP contribution in [0.25, 0.3) is 0 Å². The first-order valence-electron chi connectivity index (χ1n) is 7.38. The summed E-state index contributed by atoms with van der Waals surface area (Å²) in [6, 6.07) is 0. The van der Waals surface area contributed by atoms with E-state index in [0.717, 1.165) is 13.1 Å². The second-order valence-corrected chi connectivity index (χ2v) is 5.94. The number of carbonyl (C=O) groups is 1. The van der Waals surface area contributed by atoms with Crippen LogP contribution in [0.5, 0.6) is 0 Å². The molecule has 1 aromatic rings. The molecule has 0 bridgehead atoms. The summed E-state index contributed by atoms with van der Waals surface area (Å²) in [6.45, 7) is 13.1. The third kappa shape index (κ3) is 4.98. The third-order valence-electron chi connectivity index (χ3n) is 2.80. The molecule has 0 N–H and O–H groups in total. The predicted molar refractivity (Wildman–Crippen MR) is 87.7 cm³/mol. The fourth-order valence-electron chi connectivity index (χ4n) is 1.77. The number of halogens is 1. The second kappa shape index (κ2) is 7.58. The fourth-order valence-corrected chi connectivity index (χ4v) is 1.92. The van der Waals surface area contributed by atoms with Crippen LogP contribution in [0.3, 0.4) is 0 Å². The molecule has 0 aromatic carbocycles. The predicted octanol–water partition coefficient (Wildman–Crippen LogP) is 3.13. The molecule has 0 saturated carbocycles. The van der Waals surface area contributed by atoms with Gasteiger partial charge in [-0.05, 0) is 53.1 Å². The van der Waals surface area contributed by atoms with Gasteiger partial charge in [-0.15, -0.1) is 0 Å². The van der Waals surface area contributed by atoms with Gasteiger partial charge in [0.1, 0.15) is 5.60 Å². The summed E-state index contributed by atoms with van der Waals surface area (Å²) in [5.74, 6) is 0.639. The van der Waals surface area contributed by atoms with Gasteiger partial charge in [-0.25, -0.2) is 9.69 Å². The monoisotopic (exact) mass is 329 g/mol. The van der Waals surface area contributed by atoms with Gasteiger partial charge in [0.05, 0.1) is 0 Å². The van der Waals surface area contributed by atoms with E-state index in [4.69, 9.17) is 16.3 Å². The molecule has 1 rings (SSSR count). The van der Waals surface area contributed by atoms with Crippen LogP contribution >= 0.6 is 11.6 Å². The maximum Gasteiger partial charge on any atom is 0.417 e. The van der Waals surface area contributed by atoms with E-state index in [9.17, 15) is 4.79 Å². The molecular weight excluding hydrogens is 306 g/mol. The van der Waals surface area contributed by atoms with Gasteiger partial charge in [0.2, 0.25) is 17.2 Å². The van der Waals surface area contributed by atoms with Gasteiger partial charge < -0.3 is 9.64 Å². The molecule has 7 nitrogen and oxygen atoms in total. The number of hydrogen-bond acceptors (Lipinski definition) is 6. The number of aromatic nitrogens is 3. The first-order valence-corrected chi connectivity index (χ1v) is 7.76. The average Bonchev–Trinajstić information content (AvgIpc) is 2.38. The Morgan fingerprint density at radius 1 is 1.05 bits per heavy atom. The van der Waals surface area contributed by atoms with E-state index in [-0.39, 0.29) is 11.2 Å². The van der Waals surface area contributed by atoms with E-state index >= 15 is 0 Å².